The molecule has 0 aliphatic heterocycles. The average molecular weight is 275 g/mol. The second kappa shape index (κ2) is 10.9. The first-order valence-electron chi connectivity index (χ1n) is 8.58. The lowest BCUT2D eigenvalue weighted by molar-refractivity contribution is 0.385. The molecule has 1 N–H and O–H groups in total. The van der Waals surface area contributed by atoms with E-state index < -0.39 is 0 Å². The zero-order chi connectivity index (χ0) is 14.6. The number of hydrogen-bond donors (Lipinski definition) is 1. The monoisotopic (exact) mass is 275 g/mol. The molecule has 0 aliphatic carbocycles. The average Bonchev–Trinajstić information content (AvgIpc) is 2.49. The lowest BCUT2D eigenvalue weighted by atomic mass is 10.00. The smallest absolute Gasteiger partial charge is 0.0294 e. The fourth-order valence-electron chi connectivity index (χ4n) is 2.77. The summed E-state index contributed by atoms with van der Waals surface area (Å²) in [6.07, 6.45) is 10.8. The van der Waals surface area contributed by atoms with E-state index in [4.69, 9.17) is 0 Å². The van der Waals surface area contributed by atoms with E-state index in [1.165, 1.54) is 56.9 Å². The van der Waals surface area contributed by atoms with Gasteiger partial charge in [0, 0.05) is 12.1 Å². The van der Waals surface area contributed by atoms with E-state index in [9.17, 15) is 0 Å². The predicted molar refractivity (Wildman–Crippen MR) is 90.1 cm³/mol. The van der Waals surface area contributed by atoms with E-state index in [1.54, 1.807) is 0 Å². The second-order valence-corrected chi connectivity index (χ2v) is 5.99. The lowest BCUT2D eigenvalue weighted by Crippen LogP contribution is -2.31. The molecule has 0 saturated heterocycles. The van der Waals surface area contributed by atoms with Crippen molar-refractivity contribution >= 4 is 0 Å². The maximum Gasteiger partial charge on any atom is 0.0294 e. The third kappa shape index (κ3) is 7.09. The van der Waals surface area contributed by atoms with Crippen molar-refractivity contribution in [2.75, 3.05) is 0 Å². The molecule has 0 saturated carbocycles. The number of benzene rings is 1. The largest absolute Gasteiger partial charge is 0.307 e. The zero-order valence-corrected chi connectivity index (χ0v) is 13.7. The summed E-state index contributed by atoms with van der Waals surface area (Å²) in [5.41, 5.74) is 1.41. The summed E-state index contributed by atoms with van der Waals surface area (Å²) in [6.45, 7) is 6.86. The summed E-state index contributed by atoms with van der Waals surface area (Å²) in [7, 11) is 0. The van der Waals surface area contributed by atoms with E-state index in [0.717, 1.165) is 0 Å². The Morgan fingerprint density at radius 3 is 2.15 bits per heavy atom. The van der Waals surface area contributed by atoms with Gasteiger partial charge < -0.3 is 5.32 Å². The number of rotatable bonds is 11. The summed E-state index contributed by atoms with van der Waals surface area (Å²) in [5, 5.41) is 3.84. The van der Waals surface area contributed by atoms with Gasteiger partial charge >= 0.3 is 0 Å². The Kier molecular flexibility index (Phi) is 9.40. The van der Waals surface area contributed by atoms with E-state index in [-0.39, 0.29) is 0 Å². The Morgan fingerprint density at radius 2 is 1.50 bits per heavy atom. The molecule has 1 aromatic carbocycles. The molecule has 0 bridgehead atoms. The third-order valence-corrected chi connectivity index (χ3v) is 4.10. The van der Waals surface area contributed by atoms with Crippen molar-refractivity contribution in [2.45, 2.75) is 84.2 Å². The second-order valence-electron chi connectivity index (χ2n) is 5.99. The molecule has 0 unspecified atom stereocenters. The highest BCUT2D eigenvalue weighted by Gasteiger charge is 2.12. The van der Waals surface area contributed by atoms with Gasteiger partial charge in [0.25, 0.3) is 0 Å². The van der Waals surface area contributed by atoms with Crippen LogP contribution in [-0.2, 0) is 0 Å². The van der Waals surface area contributed by atoms with Gasteiger partial charge in [-0.05, 0) is 25.3 Å². The Labute approximate surface area is 126 Å². The maximum atomic E-state index is 3.84. The van der Waals surface area contributed by atoms with Crippen LogP contribution in [0, 0.1) is 0 Å². The molecule has 1 nitrogen and oxygen atoms in total. The van der Waals surface area contributed by atoms with Crippen LogP contribution in [0.1, 0.15) is 83.7 Å². The molecule has 114 valence electrons. The first-order valence-corrected chi connectivity index (χ1v) is 8.58. The normalized spacial score (nSPS) is 14.2. The minimum absolute atomic E-state index is 0.462. The Morgan fingerprint density at radius 1 is 0.850 bits per heavy atom. The van der Waals surface area contributed by atoms with Crippen molar-refractivity contribution < 1.29 is 0 Å². The summed E-state index contributed by atoms with van der Waals surface area (Å²) in [4.78, 5) is 0. The van der Waals surface area contributed by atoms with Gasteiger partial charge in [0.2, 0.25) is 0 Å². The van der Waals surface area contributed by atoms with E-state index in [2.05, 4.69) is 56.4 Å². The predicted octanol–water partition coefficient (Wildman–Crippen LogP) is 5.87. The molecule has 20 heavy (non-hydrogen) atoms. The lowest BCUT2D eigenvalue weighted by Gasteiger charge is -2.24. The molecule has 0 fully saturated rings. The Hall–Kier alpha value is -0.820. The van der Waals surface area contributed by atoms with Crippen LogP contribution in [0.2, 0.25) is 0 Å². The summed E-state index contributed by atoms with van der Waals surface area (Å²) in [6, 6.07) is 12.0. The van der Waals surface area contributed by atoms with E-state index in [1.807, 2.05) is 0 Å². The zero-order valence-electron chi connectivity index (χ0n) is 13.7. The van der Waals surface area contributed by atoms with Crippen molar-refractivity contribution in [3.63, 3.8) is 0 Å². The quantitative estimate of drug-likeness (QED) is 0.498. The maximum absolute atomic E-state index is 3.84. The Balaban J connectivity index is 2.42. The number of unbranched alkanes of at least 4 members (excludes halogenated alkanes) is 4. The van der Waals surface area contributed by atoms with Crippen molar-refractivity contribution in [3.8, 4) is 0 Å². The number of nitrogens with one attached hydrogen (secondary N) is 1. The van der Waals surface area contributed by atoms with Crippen molar-refractivity contribution in [1.82, 2.24) is 5.32 Å². The first kappa shape index (κ1) is 17.2. The van der Waals surface area contributed by atoms with E-state index in [0.29, 0.717) is 12.1 Å². The standard InChI is InChI=1S/C19H33N/c1-4-6-8-12-16-19(15-7-5-2)20-17(3)18-13-10-9-11-14-18/h9-11,13-14,17,19-20H,4-8,12,15-16H2,1-3H3/t17-,19-/m0/s1. The van der Waals surface area contributed by atoms with Gasteiger partial charge in [-0.2, -0.15) is 0 Å². The molecule has 0 spiro atoms. The van der Waals surface area contributed by atoms with Gasteiger partial charge in [-0.15, -0.1) is 0 Å². The van der Waals surface area contributed by atoms with Gasteiger partial charge in [-0.1, -0.05) is 82.7 Å². The molecule has 1 heteroatoms. The third-order valence-electron chi connectivity index (χ3n) is 4.10. The van der Waals surface area contributed by atoms with Crippen LogP contribution in [-0.4, -0.2) is 6.04 Å². The molecule has 1 aromatic rings. The SMILES string of the molecule is CCCCCC[C@H](CCCC)N[C@@H](C)c1ccccc1. The van der Waals surface area contributed by atoms with Gasteiger partial charge in [-0.25, -0.2) is 0 Å². The highest BCUT2D eigenvalue weighted by atomic mass is 14.9. The van der Waals surface area contributed by atoms with Gasteiger partial charge in [0.15, 0.2) is 0 Å². The summed E-state index contributed by atoms with van der Waals surface area (Å²) >= 11 is 0. The van der Waals surface area contributed by atoms with Crippen molar-refractivity contribution in [2.24, 2.45) is 0 Å². The van der Waals surface area contributed by atoms with Crippen LogP contribution >= 0.6 is 0 Å². The molecule has 0 aromatic heterocycles. The topological polar surface area (TPSA) is 12.0 Å². The molecule has 0 radical (unpaired) electrons. The molecule has 1 rings (SSSR count). The minimum Gasteiger partial charge on any atom is -0.307 e. The molecule has 0 heterocycles. The van der Waals surface area contributed by atoms with Crippen LogP contribution in [0.3, 0.4) is 0 Å². The molecule has 2 atom stereocenters. The van der Waals surface area contributed by atoms with Crippen LogP contribution in [0.4, 0.5) is 0 Å². The fraction of sp³-hybridized carbons (Fsp3) is 0.684. The fourth-order valence-corrected chi connectivity index (χ4v) is 2.77. The molecular weight excluding hydrogens is 242 g/mol. The highest BCUT2D eigenvalue weighted by molar-refractivity contribution is 5.18. The van der Waals surface area contributed by atoms with E-state index >= 15 is 0 Å². The van der Waals surface area contributed by atoms with Crippen LogP contribution < -0.4 is 5.32 Å². The van der Waals surface area contributed by atoms with Crippen LogP contribution in [0.25, 0.3) is 0 Å². The minimum atomic E-state index is 0.462. The van der Waals surface area contributed by atoms with Crippen LogP contribution in [0.15, 0.2) is 30.3 Å². The molecule has 0 amide bonds. The molecule has 0 aliphatic rings. The van der Waals surface area contributed by atoms with Gasteiger partial charge in [0.05, 0.1) is 0 Å². The first-order chi connectivity index (χ1) is 9.77. The van der Waals surface area contributed by atoms with Crippen LogP contribution in [0.5, 0.6) is 0 Å². The molecular formula is C19H33N. The summed E-state index contributed by atoms with van der Waals surface area (Å²) in [5.74, 6) is 0. The van der Waals surface area contributed by atoms with Gasteiger partial charge in [-0.3, -0.25) is 0 Å². The van der Waals surface area contributed by atoms with Crippen molar-refractivity contribution in [3.05, 3.63) is 35.9 Å². The number of hydrogen-bond acceptors (Lipinski definition) is 1. The van der Waals surface area contributed by atoms with Gasteiger partial charge in [0.1, 0.15) is 0 Å². The Bertz CT molecular complexity index is 320. The summed E-state index contributed by atoms with van der Waals surface area (Å²) < 4.78 is 0. The van der Waals surface area contributed by atoms with Crippen molar-refractivity contribution in [1.29, 1.82) is 0 Å². The highest BCUT2D eigenvalue weighted by Crippen LogP contribution is 2.17.